The lowest BCUT2D eigenvalue weighted by molar-refractivity contribution is -0.146. The van der Waals surface area contributed by atoms with Gasteiger partial charge in [-0.15, -0.1) is 0 Å². The Hall–Kier alpha value is -2.62. The van der Waals surface area contributed by atoms with Gasteiger partial charge in [0.05, 0.1) is 18.1 Å². The van der Waals surface area contributed by atoms with Crippen molar-refractivity contribution in [2.75, 3.05) is 6.61 Å². The lowest BCUT2D eigenvalue weighted by atomic mass is 9.86. The van der Waals surface area contributed by atoms with Crippen LogP contribution in [0.3, 0.4) is 0 Å². The zero-order valence-corrected chi connectivity index (χ0v) is 16.0. The second kappa shape index (κ2) is 8.65. The first-order valence-electron chi connectivity index (χ1n) is 8.90. The molecule has 0 amide bonds. The van der Waals surface area contributed by atoms with Gasteiger partial charge < -0.3 is 9.47 Å². The van der Waals surface area contributed by atoms with E-state index in [1.165, 1.54) is 0 Å². The van der Waals surface area contributed by atoms with Crippen LogP contribution in [0.15, 0.2) is 42.5 Å². The Labute approximate surface area is 155 Å². The summed E-state index contributed by atoms with van der Waals surface area (Å²) in [6.07, 6.45) is 0. The molecule has 0 fully saturated rings. The molecule has 4 nitrogen and oxygen atoms in total. The number of carbonyl (C=O) groups excluding carboxylic acids is 2. The molecule has 0 saturated carbocycles. The average Bonchev–Trinajstić information content (AvgIpc) is 2.58. The summed E-state index contributed by atoms with van der Waals surface area (Å²) in [5, 5.41) is 0. The van der Waals surface area contributed by atoms with Gasteiger partial charge in [-0.2, -0.15) is 0 Å². The molecule has 0 aliphatic heterocycles. The summed E-state index contributed by atoms with van der Waals surface area (Å²) in [5.74, 6) is -0.789. The van der Waals surface area contributed by atoms with Crippen molar-refractivity contribution in [2.45, 2.75) is 40.5 Å². The fraction of sp³-hybridized carbons (Fsp3) is 0.364. The number of rotatable bonds is 6. The smallest absolute Gasteiger partial charge is 0.343 e. The molecule has 2 rings (SSSR count). The SMILES string of the molecule is CCOC(=O)C(c1cc(C)cc(C)c1OC(=O)c1ccccc1)C(C)C. The molecule has 0 radical (unpaired) electrons. The van der Waals surface area contributed by atoms with Gasteiger partial charge >= 0.3 is 11.9 Å². The predicted octanol–water partition coefficient (Wildman–Crippen LogP) is 4.83. The predicted molar refractivity (Wildman–Crippen MR) is 102 cm³/mol. The highest BCUT2D eigenvalue weighted by atomic mass is 16.5. The largest absolute Gasteiger partial charge is 0.466 e. The summed E-state index contributed by atoms with van der Waals surface area (Å²) >= 11 is 0. The Bertz CT molecular complexity index is 778. The Morgan fingerprint density at radius 1 is 1.04 bits per heavy atom. The molecule has 0 aliphatic rings. The van der Waals surface area contributed by atoms with Crippen molar-refractivity contribution < 1.29 is 19.1 Å². The summed E-state index contributed by atoms with van der Waals surface area (Å²) in [5.41, 5.74) is 2.99. The van der Waals surface area contributed by atoms with Gasteiger partial charge in [0.25, 0.3) is 0 Å². The van der Waals surface area contributed by atoms with E-state index in [1.54, 1.807) is 31.2 Å². The van der Waals surface area contributed by atoms with Crippen LogP contribution < -0.4 is 4.74 Å². The van der Waals surface area contributed by atoms with Crippen LogP contribution in [0, 0.1) is 19.8 Å². The molecule has 0 heterocycles. The number of ether oxygens (including phenoxy) is 2. The van der Waals surface area contributed by atoms with Gasteiger partial charge in [-0.05, 0) is 44.4 Å². The van der Waals surface area contributed by atoms with Gasteiger partial charge in [-0.25, -0.2) is 4.79 Å². The molecule has 1 atom stereocenters. The van der Waals surface area contributed by atoms with Crippen LogP contribution >= 0.6 is 0 Å². The highest BCUT2D eigenvalue weighted by Crippen LogP contribution is 2.36. The maximum atomic E-state index is 12.6. The van der Waals surface area contributed by atoms with Gasteiger partial charge in [-0.1, -0.05) is 49.7 Å². The Morgan fingerprint density at radius 3 is 2.27 bits per heavy atom. The van der Waals surface area contributed by atoms with E-state index in [0.29, 0.717) is 23.5 Å². The van der Waals surface area contributed by atoms with E-state index in [1.807, 2.05) is 45.9 Å². The normalized spacial score (nSPS) is 11.9. The molecule has 138 valence electrons. The van der Waals surface area contributed by atoms with Crippen molar-refractivity contribution in [3.05, 3.63) is 64.7 Å². The quantitative estimate of drug-likeness (QED) is 0.551. The zero-order valence-electron chi connectivity index (χ0n) is 16.0. The number of benzene rings is 2. The Kier molecular flexibility index (Phi) is 6.56. The van der Waals surface area contributed by atoms with Crippen LogP contribution in [-0.2, 0) is 9.53 Å². The van der Waals surface area contributed by atoms with Gasteiger partial charge in [0.15, 0.2) is 0 Å². The number of carbonyl (C=O) groups is 2. The van der Waals surface area contributed by atoms with Crippen LogP contribution in [0.4, 0.5) is 0 Å². The molecule has 0 N–H and O–H groups in total. The molecule has 2 aromatic rings. The second-order valence-electron chi connectivity index (χ2n) is 6.73. The van der Waals surface area contributed by atoms with E-state index >= 15 is 0 Å². The molecular weight excluding hydrogens is 328 g/mol. The van der Waals surface area contributed by atoms with E-state index in [2.05, 4.69) is 0 Å². The zero-order chi connectivity index (χ0) is 19.3. The first-order valence-corrected chi connectivity index (χ1v) is 8.90. The van der Waals surface area contributed by atoms with Gasteiger partial charge in [0, 0.05) is 5.56 Å². The van der Waals surface area contributed by atoms with Crippen LogP contribution in [0.2, 0.25) is 0 Å². The number of hydrogen-bond acceptors (Lipinski definition) is 4. The maximum Gasteiger partial charge on any atom is 0.343 e. The molecule has 0 spiro atoms. The van der Waals surface area contributed by atoms with Crippen molar-refractivity contribution in [1.29, 1.82) is 0 Å². The average molecular weight is 354 g/mol. The number of aryl methyl sites for hydroxylation is 2. The molecule has 0 bridgehead atoms. The molecule has 2 aromatic carbocycles. The first kappa shape index (κ1) is 19.7. The summed E-state index contributed by atoms with van der Waals surface area (Å²) in [4.78, 5) is 25.1. The number of esters is 2. The fourth-order valence-corrected chi connectivity index (χ4v) is 3.07. The third kappa shape index (κ3) is 4.51. The minimum Gasteiger partial charge on any atom is -0.466 e. The molecule has 1 unspecified atom stereocenters. The lowest BCUT2D eigenvalue weighted by Gasteiger charge is -2.23. The third-order valence-electron chi connectivity index (χ3n) is 4.19. The van der Waals surface area contributed by atoms with Crippen LogP contribution in [0.5, 0.6) is 5.75 Å². The Balaban J connectivity index is 2.48. The third-order valence-corrected chi connectivity index (χ3v) is 4.19. The second-order valence-corrected chi connectivity index (χ2v) is 6.73. The summed E-state index contributed by atoms with van der Waals surface area (Å²) in [6, 6.07) is 12.7. The minimum atomic E-state index is -0.493. The van der Waals surface area contributed by atoms with Crippen LogP contribution in [0.1, 0.15) is 53.7 Å². The molecule has 26 heavy (non-hydrogen) atoms. The highest BCUT2D eigenvalue weighted by molar-refractivity contribution is 5.91. The first-order chi connectivity index (χ1) is 12.3. The standard InChI is InChI=1S/C22H26O4/c1-6-25-22(24)19(14(2)3)18-13-15(4)12-16(5)20(18)26-21(23)17-10-8-7-9-11-17/h7-14,19H,6H2,1-5H3. The summed E-state index contributed by atoms with van der Waals surface area (Å²) < 4.78 is 11.0. The molecule has 0 aromatic heterocycles. The Morgan fingerprint density at radius 2 is 1.69 bits per heavy atom. The monoisotopic (exact) mass is 354 g/mol. The van der Waals surface area contributed by atoms with E-state index in [9.17, 15) is 9.59 Å². The molecule has 0 aliphatic carbocycles. The molecule has 0 saturated heterocycles. The van der Waals surface area contributed by atoms with Crippen molar-refractivity contribution in [3.63, 3.8) is 0 Å². The van der Waals surface area contributed by atoms with Gasteiger partial charge in [-0.3, -0.25) is 4.79 Å². The van der Waals surface area contributed by atoms with Crippen molar-refractivity contribution in [1.82, 2.24) is 0 Å². The molecule has 4 heteroatoms. The maximum absolute atomic E-state index is 12.6. The van der Waals surface area contributed by atoms with Gasteiger partial charge in [0.1, 0.15) is 5.75 Å². The van der Waals surface area contributed by atoms with E-state index < -0.39 is 11.9 Å². The van der Waals surface area contributed by atoms with Crippen molar-refractivity contribution >= 4 is 11.9 Å². The van der Waals surface area contributed by atoms with E-state index in [0.717, 1.165) is 11.1 Å². The minimum absolute atomic E-state index is 0.00410. The number of hydrogen-bond donors (Lipinski definition) is 0. The summed E-state index contributed by atoms with van der Waals surface area (Å²) in [7, 11) is 0. The summed E-state index contributed by atoms with van der Waals surface area (Å²) in [6.45, 7) is 9.86. The fourth-order valence-electron chi connectivity index (χ4n) is 3.07. The lowest BCUT2D eigenvalue weighted by Crippen LogP contribution is -2.23. The highest BCUT2D eigenvalue weighted by Gasteiger charge is 2.30. The van der Waals surface area contributed by atoms with E-state index in [-0.39, 0.29) is 11.9 Å². The topological polar surface area (TPSA) is 52.6 Å². The van der Waals surface area contributed by atoms with Crippen molar-refractivity contribution in [2.24, 2.45) is 5.92 Å². The van der Waals surface area contributed by atoms with E-state index in [4.69, 9.17) is 9.47 Å². The van der Waals surface area contributed by atoms with Crippen molar-refractivity contribution in [3.8, 4) is 5.75 Å². The van der Waals surface area contributed by atoms with Crippen LogP contribution in [-0.4, -0.2) is 18.5 Å². The van der Waals surface area contributed by atoms with Gasteiger partial charge in [0.2, 0.25) is 0 Å². The molecular formula is C22H26O4. The van der Waals surface area contributed by atoms with Crippen LogP contribution in [0.25, 0.3) is 0 Å².